The summed E-state index contributed by atoms with van der Waals surface area (Å²) in [6.45, 7) is 12.3. The van der Waals surface area contributed by atoms with Crippen molar-refractivity contribution in [3.8, 4) is 11.8 Å². The van der Waals surface area contributed by atoms with Crippen LogP contribution in [0.5, 0.6) is 0 Å². The summed E-state index contributed by atoms with van der Waals surface area (Å²) in [5.41, 5.74) is 1.16. The van der Waals surface area contributed by atoms with E-state index in [0.29, 0.717) is 0 Å². The first-order valence-corrected chi connectivity index (χ1v) is 3.66. The normalized spacial score (nSPS) is 10.0. The van der Waals surface area contributed by atoms with Gasteiger partial charge in [-0.15, -0.1) is 0 Å². The van der Waals surface area contributed by atoms with Gasteiger partial charge >= 0.3 is 0 Å². The Bertz CT molecular complexity index is 168. The van der Waals surface area contributed by atoms with E-state index in [-0.39, 0.29) is 5.41 Å². The SMILES string of the molecule is C=C(C#CCC)C(C)(C)C. The van der Waals surface area contributed by atoms with E-state index < -0.39 is 0 Å². The lowest BCUT2D eigenvalue weighted by Crippen LogP contribution is -2.06. The van der Waals surface area contributed by atoms with Crippen LogP contribution in [-0.4, -0.2) is 0 Å². The first kappa shape index (κ1) is 9.30. The lowest BCUT2D eigenvalue weighted by Gasteiger charge is -2.16. The molecule has 0 radical (unpaired) electrons. The van der Waals surface area contributed by atoms with E-state index in [0.717, 1.165) is 12.0 Å². The lowest BCUT2D eigenvalue weighted by molar-refractivity contribution is 0.523. The van der Waals surface area contributed by atoms with E-state index in [2.05, 4.69) is 39.2 Å². The monoisotopic (exact) mass is 136 g/mol. The van der Waals surface area contributed by atoms with E-state index in [1.807, 2.05) is 6.92 Å². The Morgan fingerprint density at radius 2 is 1.90 bits per heavy atom. The van der Waals surface area contributed by atoms with Gasteiger partial charge in [-0.3, -0.25) is 0 Å². The van der Waals surface area contributed by atoms with E-state index in [4.69, 9.17) is 0 Å². The molecule has 0 N–H and O–H groups in total. The molecule has 0 atom stereocenters. The third-order valence-electron chi connectivity index (χ3n) is 1.32. The zero-order chi connectivity index (χ0) is 8.20. The Morgan fingerprint density at radius 3 is 2.20 bits per heavy atom. The topological polar surface area (TPSA) is 0 Å². The van der Waals surface area contributed by atoms with Gasteiger partial charge in [0.1, 0.15) is 0 Å². The smallest absolute Gasteiger partial charge is 0.00639 e. The van der Waals surface area contributed by atoms with Crippen LogP contribution >= 0.6 is 0 Å². The highest BCUT2D eigenvalue weighted by atomic mass is 14.1. The lowest BCUT2D eigenvalue weighted by atomic mass is 9.88. The van der Waals surface area contributed by atoms with Gasteiger partial charge in [0, 0.05) is 12.0 Å². The van der Waals surface area contributed by atoms with Crippen molar-refractivity contribution in [2.24, 2.45) is 5.41 Å². The fourth-order valence-electron chi connectivity index (χ4n) is 0.383. The molecular weight excluding hydrogens is 120 g/mol. The molecule has 0 spiro atoms. The Balaban J connectivity index is 4.12. The van der Waals surface area contributed by atoms with Gasteiger partial charge in [-0.2, -0.15) is 0 Å². The standard InChI is InChI=1S/C10H16/c1-6-7-8-9(2)10(3,4)5/h2,6H2,1,3-5H3. The predicted molar refractivity (Wildman–Crippen MR) is 46.7 cm³/mol. The second-order valence-electron chi connectivity index (χ2n) is 3.38. The average molecular weight is 136 g/mol. The molecule has 0 aliphatic rings. The molecular formula is C10H16. The summed E-state index contributed by atoms with van der Waals surface area (Å²) in [5.74, 6) is 6.03. The molecule has 0 aliphatic carbocycles. The van der Waals surface area contributed by atoms with Crippen molar-refractivity contribution in [2.75, 3.05) is 0 Å². The van der Waals surface area contributed by atoms with Crippen LogP contribution in [0, 0.1) is 17.3 Å². The van der Waals surface area contributed by atoms with Gasteiger partial charge in [0.15, 0.2) is 0 Å². The predicted octanol–water partition coefficient (Wildman–Crippen LogP) is 3.00. The molecule has 0 aromatic carbocycles. The molecule has 0 heteroatoms. The minimum absolute atomic E-state index is 0.141. The highest BCUT2D eigenvalue weighted by Gasteiger charge is 2.11. The number of allylic oxidation sites excluding steroid dienone is 1. The molecule has 0 saturated heterocycles. The van der Waals surface area contributed by atoms with Crippen molar-refractivity contribution >= 4 is 0 Å². The van der Waals surface area contributed by atoms with Crippen LogP contribution in [-0.2, 0) is 0 Å². The second-order valence-corrected chi connectivity index (χ2v) is 3.38. The number of rotatable bonds is 0. The third-order valence-corrected chi connectivity index (χ3v) is 1.32. The first-order valence-electron chi connectivity index (χ1n) is 3.66. The number of hydrogen-bond acceptors (Lipinski definition) is 0. The molecule has 0 nitrogen and oxygen atoms in total. The van der Waals surface area contributed by atoms with Crippen molar-refractivity contribution in [1.29, 1.82) is 0 Å². The molecule has 0 bridgehead atoms. The van der Waals surface area contributed by atoms with Gasteiger partial charge < -0.3 is 0 Å². The van der Waals surface area contributed by atoms with Gasteiger partial charge in [-0.1, -0.05) is 46.1 Å². The average Bonchev–Trinajstić information content (AvgIpc) is 1.80. The molecule has 0 rings (SSSR count). The largest absolute Gasteiger partial charge is 0.0985 e. The van der Waals surface area contributed by atoms with Crippen molar-refractivity contribution in [3.05, 3.63) is 12.2 Å². The summed E-state index contributed by atoms with van der Waals surface area (Å²) in [6, 6.07) is 0. The zero-order valence-corrected chi connectivity index (χ0v) is 7.41. The highest BCUT2D eigenvalue weighted by Crippen LogP contribution is 2.22. The van der Waals surface area contributed by atoms with Crippen molar-refractivity contribution in [2.45, 2.75) is 34.1 Å². The maximum atomic E-state index is 3.89. The van der Waals surface area contributed by atoms with Crippen LogP contribution in [0.1, 0.15) is 34.1 Å². The van der Waals surface area contributed by atoms with E-state index in [9.17, 15) is 0 Å². The Morgan fingerprint density at radius 1 is 1.40 bits per heavy atom. The van der Waals surface area contributed by atoms with Crippen molar-refractivity contribution in [3.63, 3.8) is 0 Å². The van der Waals surface area contributed by atoms with Gasteiger partial charge in [0.05, 0.1) is 0 Å². The van der Waals surface area contributed by atoms with Crippen molar-refractivity contribution < 1.29 is 0 Å². The Labute approximate surface area is 64.3 Å². The summed E-state index contributed by atoms with van der Waals surface area (Å²) in [7, 11) is 0. The van der Waals surface area contributed by atoms with Gasteiger partial charge in [0.2, 0.25) is 0 Å². The summed E-state index contributed by atoms with van der Waals surface area (Å²) < 4.78 is 0. The Hall–Kier alpha value is -0.700. The molecule has 0 fully saturated rings. The maximum Gasteiger partial charge on any atom is 0.00639 e. The fraction of sp³-hybridized carbons (Fsp3) is 0.600. The minimum atomic E-state index is 0.141. The highest BCUT2D eigenvalue weighted by molar-refractivity contribution is 5.30. The summed E-state index contributed by atoms with van der Waals surface area (Å²) in [5, 5.41) is 0. The molecule has 0 aromatic heterocycles. The van der Waals surface area contributed by atoms with E-state index in [1.165, 1.54) is 0 Å². The fourth-order valence-corrected chi connectivity index (χ4v) is 0.383. The van der Waals surface area contributed by atoms with Crippen LogP contribution in [0.25, 0.3) is 0 Å². The van der Waals surface area contributed by atoms with Gasteiger partial charge in [0.25, 0.3) is 0 Å². The summed E-state index contributed by atoms with van der Waals surface area (Å²) in [6.07, 6.45) is 0.912. The van der Waals surface area contributed by atoms with Gasteiger partial charge in [-0.25, -0.2) is 0 Å². The molecule has 0 aromatic rings. The Kier molecular flexibility index (Phi) is 3.22. The molecule has 0 unspecified atom stereocenters. The maximum absolute atomic E-state index is 3.89. The molecule has 0 aliphatic heterocycles. The second kappa shape index (κ2) is 3.46. The molecule has 0 heterocycles. The van der Waals surface area contributed by atoms with E-state index >= 15 is 0 Å². The zero-order valence-electron chi connectivity index (χ0n) is 7.41. The summed E-state index contributed by atoms with van der Waals surface area (Å²) >= 11 is 0. The quantitative estimate of drug-likeness (QED) is 0.449. The third kappa shape index (κ3) is 3.35. The molecule has 56 valence electrons. The molecule has 0 amide bonds. The molecule has 10 heavy (non-hydrogen) atoms. The van der Waals surface area contributed by atoms with Gasteiger partial charge in [-0.05, 0) is 5.41 Å². The van der Waals surface area contributed by atoms with Crippen LogP contribution in [0.2, 0.25) is 0 Å². The van der Waals surface area contributed by atoms with E-state index in [1.54, 1.807) is 0 Å². The van der Waals surface area contributed by atoms with Crippen LogP contribution < -0.4 is 0 Å². The van der Waals surface area contributed by atoms with Crippen LogP contribution in [0.3, 0.4) is 0 Å². The van der Waals surface area contributed by atoms with Crippen molar-refractivity contribution in [1.82, 2.24) is 0 Å². The molecule has 0 saturated carbocycles. The minimum Gasteiger partial charge on any atom is -0.0985 e. The summed E-state index contributed by atoms with van der Waals surface area (Å²) in [4.78, 5) is 0. The number of hydrogen-bond donors (Lipinski definition) is 0. The van der Waals surface area contributed by atoms with Crippen LogP contribution in [0.15, 0.2) is 12.2 Å². The first-order chi connectivity index (χ1) is 4.48. The van der Waals surface area contributed by atoms with Crippen LogP contribution in [0.4, 0.5) is 0 Å².